The lowest BCUT2D eigenvalue weighted by molar-refractivity contribution is 0.386. The minimum Gasteiger partial charge on any atom is -0.340 e. The molecule has 3 rings (SSSR count). The van der Waals surface area contributed by atoms with Crippen molar-refractivity contribution >= 4 is 15.9 Å². The molecule has 2 aromatic rings. The Morgan fingerprint density at radius 2 is 2.37 bits per heavy atom. The third-order valence-electron chi connectivity index (χ3n) is 3.49. The second kappa shape index (κ2) is 5.43. The third kappa shape index (κ3) is 2.87. The van der Waals surface area contributed by atoms with Crippen molar-refractivity contribution in [3.05, 3.63) is 45.5 Å². The smallest absolute Gasteiger partial charge is 0.223 e. The maximum atomic E-state index is 4.96. The summed E-state index contributed by atoms with van der Waals surface area (Å²) in [4.78, 5) is 4.21. The molecule has 0 bridgehead atoms. The number of aryl methyl sites for hydroxylation is 2. The maximum Gasteiger partial charge on any atom is 0.223 e. The van der Waals surface area contributed by atoms with Gasteiger partial charge < -0.3 is 9.84 Å². The van der Waals surface area contributed by atoms with Crippen molar-refractivity contribution in [2.75, 3.05) is 6.54 Å². The minimum absolute atomic E-state index is 0.455. The quantitative estimate of drug-likeness (QED) is 0.940. The van der Waals surface area contributed by atoms with Crippen LogP contribution in [0.15, 0.2) is 27.2 Å². The third-order valence-corrected chi connectivity index (χ3v) is 3.99. The Morgan fingerprint density at radius 3 is 3.16 bits per heavy atom. The first-order valence-electron chi connectivity index (χ1n) is 6.53. The van der Waals surface area contributed by atoms with Crippen LogP contribution in [0.5, 0.6) is 0 Å². The van der Waals surface area contributed by atoms with E-state index in [2.05, 4.69) is 49.6 Å². The molecule has 1 unspecified atom stereocenters. The molecule has 1 aliphatic carbocycles. The lowest BCUT2D eigenvalue weighted by Crippen LogP contribution is -2.22. The molecule has 1 N–H and O–H groups in total. The van der Waals surface area contributed by atoms with Crippen LogP contribution in [0.1, 0.15) is 35.3 Å². The van der Waals surface area contributed by atoms with Crippen LogP contribution in [-0.4, -0.2) is 16.7 Å². The van der Waals surface area contributed by atoms with Gasteiger partial charge in [0.1, 0.15) is 0 Å². The van der Waals surface area contributed by atoms with Gasteiger partial charge in [0.2, 0.25) is 5.89 Å². The zero-order valence-electron chi connectivity index (χ0n) is 10.8. The molecule has 0 saturated carbocycles. The van der Waals surface area contributed by atoms with Gasteiger partial charge in [0.15, 0.2) is 5.82 Å². The van der Waals surface area contributed by atoms with E-state index >= 15 is 0 Å². The fourth-order valence-corrected chi connectivity index (χ4v) is 3.01. The van der Waals surface area contributed by atoms with Crippen molar-refractivity contribution < 1.29 is 4.52 Å². The maximum absolute atomic E-state index is 4.96. The second-order valence-corrected chi connectivity index (χ2v) is 5.78. The highest BCUT2D eigenvalue weighted by molar-refractivity contribution is 9.10. The summed E-state index contributed by atoms with van der Waals surface area (Å²) in [6.45, 7) is 2.69. The molecule has 100 valence electrons. The molecule has 0 saturated heterocycles. The van der Waals surface area contributed by atoms with Gasteiger partial charge in [-0.05, 0) is 36.1 Å². The molecular weight excluding hydrogens is 306 g/mol. The molecule has 0 radical (unpaired) electrons. The Balaban J connectivity index is 1.58. The predicted molar refractivity (Wildman–Crippen MR) is 75.9 cm³/mol. The average molecular weight is 322 g/mol. The van der Waals surface area contributed by atoms with Crippen LogP contribution in [0.2, 0.25) is 0 Å². The van der Waals surface area contributed by atoms with Crippen molar-refractivity contribution in [3.63, 3.8) is 0 Å². The normalized spacial score (nSPS) is 17.7. The number of hydrogen-bond acceptors (Lipinski definition) is 4. The van der Waals surface area contributed by atoms with E-state index < -0.39 is 0 Å². The molecule has 1 heterocycles. The molecule has 0 amide bonds. The van der Waals surface area contributed by atoms with E-state index in [9.17, 15) is 0 Å². The van der Waals surface area contributed by atoms with Crippen LogP contribution in [0, 0.1) is 6.92 Å². The van der Waals surface area contributed by atoms with Crippen molar-refractivity contribution in [1.82, 2.24) is 15.5 Å². The summed E-state index contributed by atoms with van der Waals surface area (Å²) in [7, 11) is 0. The molecule has 4 nitrogen and oxygen atoms in total. The van der Waals surface area contributed by atoms with Crippen LogP contribution >= 0.6 is 15.9 Å². The van der Waals surface area contributed by atoms with Gasteiger partial charge in [-0.15, -0.1) is 0 Å². The Morgan fingerprint density at radius 1 is 1.47 bits per heavy atom. The van der Waals surface area contributed by atoms with Crippen molar-refractivity contribution in [3.8, 4) is 0 Å². The number of nitrogens with one attached hydrogen (secondary N) is 1. The van der Waals surface area contributed by atoms with Gasteiger partial charge >= 0.3 is 0 Å². The molecule has 1 aliphatic rings. The van der Waals surface area contributed by atoms with E-state index in [0.717, 1.165) is 36.1 Å². The summed E-state index contributed by atoms with van der Waals surface area (Å²) in [5, 5.41) is 7.48. The van der Waals surface area contributed by atoms with E-state index in [0.29, 0.717) is 11.9 Å². The summed E-state index contributed by atoms with van der Waals surface area (Å²) in [5.41, 5.74) is 2.87. The van der Waals surface area contributed by atoms with E-state index in [-0.39, 0.29) is 0 Å². The highest BCUT2D eigenvalue weighted by Gasteiger charge is 2.21. The number of halogens is 1. The standard InChI is InChI=1S/C14H16BrN3O/c1-9-17-14(18-19-9)6-7-16-13-5-2-10-8-11(15)3-4-12(10)13/h3-4,8,13,16H,2,5-7H2,1H3. The number of nitrogens with zero attached hydrogens (tertiary/aromatic N) is 2. The van der Waals surface area contributed by atoms with Gasteiger partial charge in [0.05, 0.1) is 0 Å². The molecule has 5 heteroatoms. The number of benzene rings is 1. The predicted octanol–water partition coefficient (Wildman–Crippen LogP) is 2.96. The lowest BCUT2D eigenvalue weighted by Gasteiger charge is -2.13. The van der Waals surface area contributed by atoms with Gasteiger partial charge in [-0.1, -0.05) is 27.2 Å². The summed E-state index contributed by atoms with van der Waals surface area (Å²) < 4.78 is 6.12. The SMILES string of the molecule is Cc1nc(CCNC2CCc3cc(Br)ccc32)no1. The number of rotatable bonds is 4. The average Bonchev–Trinajstić information content (AvgIpc) is 2.96. The molecule has 0 spiro atoms. The van der Waals surface area contributed by atoms with Gasteiger partial charge in [0, 0.05) is 30.4 Å². The summed E-state index contributed by atoms with van der Waals surface area (Å²) in [6.07, 6.45) is 3.12. The monoisotopic (exact) mass is 321 g/mol. The molecule has 0 aliphatic heterocycles. The number of hydrogen-bond donors (Lipinski definition) is 1. The molecule has 1 atom stereocenters. The van der Waals surface area contributed by atoms with Gasteiger partial charge in [-0.3, -0.25) is 0 Å². The second-order valence-electron chi connectivity index (χ2n) is 4.87. The Kier molecular flexibility index (Phi) is 3.66. The Hall–Kier alpha value is -1.20. The van der Waals surface area contributed by atoms with E-state index in [1.54, 1.807) is 0 Å². The largest absolute Gasteiger partial charge is 0.340 e. The Bertz CT molecular complexity index is 582. The minimum atomic E-state index is 0.455. The molecule has 19 heavy (non-hydrogen) atoms. The molecular formula is C14H16BrN3O. The van der Waals surface area contributed by atoms with Gasteiger partial charge in [0.25, 0.3) is 0 Å². The Labute approximate surface area is 120 Å². The van der Waals surface area contributed by atoms with Gasteiger partial charge in [-0.25, -0.2) is 0 Å². The van der Waals surface area contributed by atoms with Crippen molar-refractivity contribution in [2.24, 2.45) is 0 Å². The van der Waals surface area contributed by atoms with Crippen molar-refractivity contribution in [1.29, 1.82) is 0 Å². The first-order chi connectivity index (χ1) is 9.22. The van der Waals surface area contributed by atoms with Crippen LogP contribution in [0.3, 0.4) is 0 Å². The van der Waals surface area contributed by atoms with E-state index in [1.807, 2.05) is 6.92 Å². The first-order valence-corrected chi connectivity index (χ1v) is 7.32. The first kappa shape index (κ1) is 12.8. The summed E-state index contributed by atoms with van der Waals surface area (Å²) in [6, 6.07) is 7.00. The molecule has 0 fully saturated rings. The molecule has 1 aromatic carbocycles. The van der Waals surface area contributed by atoms with Crippen LogP contribution in [0.25, 0.3) is 0 Å². The fraction of sp³-hybridized carbons (Fsp3) is 0.429. The zero-order chi connectivity index (χ0) is 13.2. The van der Waals surface area contributed by atoms with Crippen LogP contribution < -0.4 is 5.32 Å². The van der Waals surface area contributed by atoms with Crippen LogP contribution in [0.4, 0.5) is 0 Å². The zero-order valence-corrected chi connectivity index (χ0v) is 12.4. The van der Waals surface area contributed by atoms with Crippen molar-refractivity contribution in [2.45, 2.75) is 32.2 Å². The van der Waals surface area contributed by atoms with Crippen LogP contribution in [-0.2, 0) is 12.8 Å². The fourth-order valence-electron chi connectivity index (χ4n) is 2.60. The lowest BCUT2D eigenvalue weighted by atomic mass is 10.1. The summed E-state index contributed by atoms with van der Waals surface area (Å²) >= 11 is 3.52. The highest BCUT2D eigenvalue weighted by atomic mass is 79.9. The topological polar surface area (TPSA) is 51.0 Å². The van der Waals surface area contributed by atoms with E-state index in [1.165, 1.54) is 11.1 Å². The number of aromatic nitrogens is 2. The highest BCUT2D eigenvalue weighted by Crippen LogP contribution is 2.32. The summed E-state index contributed by atoms with van der Waals surface area (Å²) in [5.74, 6) is 1.41. The van der Waals surface area contributed by atoms with Gasteiger partial charge in [-0.2, -0.15) is 4.98 Å². The number of fused-ring (bicyclic) bond motifs is 1. The van der Waals surface area contributed by atoms with E-state index in [4.69, 9.17) is 4.52 Å². The molecule has 1 aromatic heterocycles.